The second-order valence-electron chi connectivity index (χ2n) is 5.96. The third kappa shape index (κ3) is 4.21. The molecule has 2 N–H and O–H groups in total. The highest BCUT2D eigenvalue weighted by atomic mass is 16.5. The molecule has 2 heterocycles. The summed E-state index contributed by atoms with van der Waals surface area (Å²) in [6, 6.07) is 9.23. The Labute approximate surface area is 144 Å². The fraction of sp³-hybridized carbons (Fsp3) is 0.412. The third-order valence-corrected chi connectivity index (χ3v) is 4.35. The summed E-state index contributed by atoms with van der Waals surface area (Å²) < 4.78 is 5.27. The van der Waals surface area contributed by atoms with Crippen LogP contribution in [0, 0.1) is 11.8 Å². The number of ether oxygens (including phenoxy) is 1. The average molecular weight is 344 g/mol. The first kappa shape index (κ1) is 17.1. The molecule has 1 saturated heterocycles. The maximum absolute atomic E-state index is 12.3. The SMILES string of the molecule is O=C(NCC(C(=O)O)C1CCOCC1)c1cnn(-c2ccccc2)n1. The Morgan fingerprint density at radius 3 is 2.68 bits per heavy atom. The predicted molar refractivity (Wildman–Crippen MR) is 88.4 cm³/mol. The van der Waals surface area contributed by atoms with Crippen molar-refractivity contribution in [3.63, 3.8) is 0 Å². The molecule has 25 heavy (non-hydrogen) atoms. The molecule has 1 aliphatic heterocycles. The molecule has 3 rings (SSSR count). The van der Waals surface area contributed by atoms with Gasteiger partial charge < -0.3 is 15.2 Å². The summed E-state index contributed by atoms with van der Waals surface area (Å²) in [5, 5.41) is 20.3. The fourth-order valence-corrected chi connectivity index (χ4v) is 2.92. The molecule has 0 spiro atoms. The minimum Gasteiger partial charge on any atom is -0.481 e. The standard InChI is InChI=1S/C17H20N4O4/c22-16(15-11-19-21(20-15)13-4-2-1-3-5-13)18-10-14(17(23)24)12-6-8-25-9-7-12/h1-5,11-12,14H,6-10H2,(H,18,22)(H,23,24). The van der Waals surface area contributed by atoms with Gasteiger partial charge in [-0.2, -0.15) is 9.90 Å². The highest BCUT2D eigenvalue weighted by Crippen LogP contribution is 2.23. The van der Waals surface area contributed by atoms with E-state index in [1.54, 1.807) is 0 Å². The van der Waals surface area contributed by atoms with Crippen LogP contribution in [0.2, 0.25) is 0 Å². The summed E-state index contributed by atoms with van der Waals surface area (Å²) in [4.78, 5) is 25.1. The van der Waals surface area contributed by atoms with Crippen molar-refractivity contribution in [3.8, 4) is 5.69 Å². The van der Waals surface area contributed by atoms with E-state index in [0.29, 0.717) is 26.1 Å². The lowest BCUT2D eigenvalue weighted by molar-refractivity contribution is -0.144. The second-order valence-corrected chi connectivity index (χ2v) is 5.96. The number of amides is 1. The normalized spacial score (nSPS) is 16.3. The highest BCUT2D eigenvalue weighted by Gasteiger charge is 2.30. The van der Waals surface area contributed by atoms with Gasteiger partial charge >= 0.3 is 5.97 Å². The Kier molecular flexibility index (Phi) is 5.39. The van der Waals surface area contributed by atoms with E-state index < -0.39 is 17.8 Å². The van der Waals surface area contributed by atoms with Gasteiger partial charge in [0.2, 0.25) is 0 Å². The van der Waals surface area contributed by atoms with E-state index in [1.165, 1.54) is 11.0 Å². The molecule has 1 amide bonds. The third-order valence-electron chi connectivity index (χ3n) is 4.35. The monoisotopic (exact) mass is 344 g/mol. The van der Waals surface area contributed by atoms with E-state index in [4.69, 9.17) is 4.74 Å². The molecule has 1 atom stereocenters. The smallest absolute Gasteiger partial charge is 0.308 e. The van der Waals surface area contributed by atoms with E-state index >= 15 is 0 Å². The van der Waals surface area contributed by atoms with Gasteiger partial charge in [-0.15, -0.1) is 5.10 Å². The van der Waals surface area contributed by atoms with Crippen LogP contribution >= 0.6 is 0 Å². The van der Waals surface area contributed by atoms with Crippen molar-refractivity contribution in [1.29, 1.82) is 0 Å². The Morgan fingerprint density at radius 1 is 1.28 bits per heavy atom. The number of rotatable bonds is 6. The van der Waals surface area contributed by atoms with Gasteiger partial charge in [0.15, 0.2) is 5.69 Å². The van der Waals surface area contributed by atoms with E-state index in [1.807, 2.05) is 30.3 Å². The molecule has 0 bridgehead atoms. The topological polar surface area (TPSA) is 106 Å². The number of benzene rings is 1. The van der Waals surface area contributed by atoms with Gasteiger partial charge in [-0.3, -0.25) is 9.59 Å². The maximum Gasteiger partial charge on any atom is 0.308 e. The first-order valence-electron chi connectivity index (χ1n) is 8.21. The number of aliphatic carboxylic acids is 1. The van der Waals surface area contributed by atoms with Gasteiger partial charge in [0.25, 0.3) is 5.91 Å². The van der Waals surface area contributed by atoms with Crippen molar-refractivity contribution in [2.24, 2.45) is 11.8 Å². The zero-order valence-corrected chi connectivity index (χ0v) is 13.7. The van der Waals surface area contributed by atoms with Crippen LogP contribution in [0.15, 0.2) is 36.5 Å². The Balaban J connectivity index is 1.61. The molecule has 8 heteroatoms. The van der Waals surface area contributed by atoms with Crippen LogP contribution in [0.5, 0.6) is 0 Å². The van der Waals surface area contributed by atoms with Gasteiger partial charge in [-0.1, -0.05) is 18.2 Å². The van der Waals surface area contributed by atoms with Gasteiger partial charge in [0.05, 0.1) is 17.8 Å². The van der Waals surface area contributed by atoms with Crippen LogP contribution in [0.1, 0.15) is 23.3 Å². The van der Waals surface area contributed by atoms with Gasteiger partial charge in [0.1, 0.15) is 0 Å². The van der Waals surface area contributed by atoms with E-state index in [2.05, 4.69) is 15.5 Å². The molecule has 2 aromatic rings. The van der Waals surface area contributed by atoms with Crippen LogP contribution in [0.3, 0.4) is 0 Å². The van der Waals surface area contributed by atoms with Crippen molar-refractivity contribution in [2.75, 3.05) is 19.8 Å². The molecular weight excluding hydrogens is 324 g/mol. The molecule has 1 aliphatic rings. The molecule has 1 unspecified atom stereocenters. The minimum absolute atomic E-state index is 0.00607. The summed E-state index contributed by atoms with van der Waals surface area (Å²) in [5.74, 6) is -1.95. The van der Waals surface area contributed by atoms with E-state index in [-0.39, 0.29) is 18.2 Å². The number of aromatic nitrogens is 3. The first-order chi connectivity index (χ1) is 12.1. The Hall–Kier alpha value is -2.74. The number of para-hydroxylation sites is 1. The fourth-order valence-electron chi connectivity index (χ4n) is 2.92. The summed E-state index contributed by atoms with van der Waals surface area (Å²) in [5.41, 5.74) is 0.895. The molecule has 132 valence electrons. The molecule has 1 fully saturated rings. The minimum atomic E-state index is -0.903. The van der Waals surface area contributed by atoms with E-state index in [9.17, 15) is 14.7 Å². The molecular formula is C17H20N4O4. The Bertz CT molecular complexity index is 725. The summed E-state index contributed by atoms with van der Waals surface area (Å²) in [7, 11) is 0. The molecule has 1 aromatic carbocycles. The lowest BCUT2D eigenvalue weighted by Gasteiger charge is -2.27. The number of nitrogens with one attached hydrogen (secondary N) is 1. The van der Waals surface area contributed by atoms with Crippen molar-refractivity contribution in [2.45, 2.75) is 12.8 Å². The van der Waals surface area contributed by atoms with E-state index in [0.717, 1.165) is 5.69 Å². The summed E-state index contributed by atoms with van der Waals surface area (Å²) in [6.07, 6.45) is 2.75. The number of hydrogen-bond acceptors (Lipinski definition) is 5. The number of hydrogen-bond donors (Lipinski definition) is 2. The maximum atomic E-state index is 12.3. The largest absolute Gasteiger partial charge is 0.481 e. The summed E-state index contributed by atoms with van der Waals surface area (Å²) in [6.45, 7) is 1.19. The van der Waals surface area contributed by atoms with Crippen LogP contribution in [-0.2, 0) is 9.53 Å². The average Bonchev–Trinajstić information content (AvgIpc) is 3.13. The predicted octanol–water partition coefficient (Wildman–Crippen LogP) is 1.12. The molecule has 0 saturated carbocycles. The number of carboxylic acid groups (broad SMARTS) is 1. The van der Waals surface area contributed by atoms with Gasteiger partial charge in [-0.05, 0) is 30.9 Å². The molecule has 8 nitrogen and oxygen atoms in total. The van der Waals surface area contributed by atoms with Gasteiger partial charge in [-0.25, -0.2) is 0 Å². The van der Waals surface area contributed by atoms with Crippen molar-refractivity contribution in [3.05, 3.63) is 42.2 Å². The molecule has 0 aliphatic carbocycles. The quantitative estimate of drug-likeness (QED) is 0.813. The number of carboxylic acids is 1. The van der Waals surface area contributed by atoms with Crippen LogP contribution in [0.25, 0.3) is 5.69 Å². The van der Waals surface area contributed by atoms with Crippen molar-refractivity contribution in [1.82, 2.24) is 20.3 Å². The van der Waals surface area contributed by atoms with Crippen LogP contribution in [-0.4, -0.2) is 51.7 Å². The second kappa shape index (κ2) is 7.89. The summed E-state index contributed by atoms with van der Waals surface area (Å²) >= 11 is 0. The highest BCUT2D eigenvalue weighted by molar-refractivity contribution is 5.92. The Morgan fingerprint density at radius 2 is 2.00 bits per heavy atom. The zero-order valence-electron chi connectivity index (χ0n) is 13.7. The number of nitrogens with zero attached hydrogens (tertiary/aromatic N) is 3. The molecule has 1 aromatic heterocycles. The van der Waals surface area contributed by atoms with Crippen molar-refractivity contribution >= 4 is 11.9 Å². The lowest BCUT2D eigenvalue weighted by Crippen LogP contribution is -2.39. The molecule has 0 radical (unpaired) electrons. The van der Waals surface area contributed by atoms with Gasteiger partial charge in [0, 0.05) is 19.8 Å². The van der Waals surface area contributed by atoms with Crippen LogP contribution in [0.4, 0.5) is 0 Å². The van der Waals surface area contributed by atoms with Crippen LogP contribution < -0.4 is 5.32 Å². The number of carbonyl (C=O) groups excluding carboxylic acids is 1. The zero-order chi connectivity index (χ0) is 17.6. The number of carbonyl (C=O) groups is 2. The first-order valence-corrected chi connectivity index (χ1v) is 8.21. The van der Waals surface area contributed by atoms with Crippen molar-refractivity contribution < 1.29 is 19.4 Å². The lowest BCUT2D eigenvalue weighted by atomic mass is 9.86.